The van der Waals surface area contributed by atoms with Crippen molar-refractivity contribution < 1.29 is 9.21 Å². The van der Waals surface area contributed by atoms with Crippen LogP contribution >= 0.6 is 0 Å². The number of hydrogen-bond acceptors (Lipinski definition) is 4. The van der Waals surface area contributed by atoms with Gasteiger partial charge < -0.3 is 14.2 Å². The largest absolute Gasteiger partial charge is 0.423 e. The van der Waals surface area contributed by atoms with Crippen LogP contribution in [0.1, 0.15) is 19.3 Å². The topological polar surface area (TPSA) is 49.6 Å². The number of likely N-dealkylation sites (tertiary alicyclic amines) is 1. The average Bonchev–Trinajstić information content (AvgIpc) is 3.10. The number of carbonyl (C=O) groups is 1. The van der Waals surface area contributed by atoms with E-state index in [2.05, 4.69) is 16.9 Å². The summed E-state index contributed by atoms with van der Waals surface area (Å²) in [6.45, 7) is 0.890. The van der Waals surface area contributed by atoms with Crippen LogP contribution in [0, 0.1) is 11.8 Å². The van der Waals surface area contributed by atoms with Gasteiger partial charge in [0.1, 0.15) is 5.52 Å². The zero-order chi connectivity index (χ0) is 15.3. The molecule has 1 aromatic carbocycles. The Morgan fingerprint density at radius 3 is 2.86 bits per heavy atom. The molecule has 1 saturated carbocycles. The Morgan fingerprint density at radius 2 is 2.05 bits per heavy atom. The van der Waals surface area contributed by atoms with Gasteiger partial charge in [0.15, 0.2) is 5.58 Å². The molecular formula is C17H21N3O2. The van der Waals surface area contributed by atoms with Crippen LogP contribution in [0.25, 0.3) is 11.1 Å². The quantitative estimate of drug-likeness (QED) is 0.855. The molecular weight excluding hydrogens is 278 g/mol. The molecule has 4 rings (SSSR count). The molecule has 3 atom stereocenters. The van der Waals surface area contributed by atoms with E-state index in [1.807, 2.05) is 36.2 Å². The van der Waals surface area contributed by atoms with E-state index in [0.717, 1.165) is 30.5 Å². The summed E-state index contributed by atoms with van der Waals surface area (Å²) in [6, 6.07) is 8.94. The third-order valence-corrected chi connectivity index (χ3v) is 5.32. The molecule has 2 fully saturated rings. The molecule has 0 radical (unpaired) electrons. The van der Waals surface area contributed by atoms with E-state index in [9.17, 15) is 4.79 Å². The lowest BCUT2D eigenvalue weighted by Crippen LogP contribution is -2.39. The second-order valence-electron chi connectivity index (χ2n) is 6.70. The summed E-state index contributed by atoms with van der Waals surface area (Å²) in [5.74, 6) is 1.41. The maximum Gasteiger partial charge on any atom is 0.298 e. The number of hydrogen-bond donors (Lipinski definition) is 0. The number of aromatic nitrogens is 1. The van der Waals surface area contributed by atoms with Crippen molar-refractivity contribution >= 4 is 23.0 Å². The summed E-state index contributed by atoms with van der Waals surface area (Å²) >= 11 is 0. The minimum atomic E-state index is 0.284. The number of rotatable bonds is 2. The summed E-state index contributed by atoms with van der Waals surface area (Å²) in [6.07, 6.45) is 2.86. The van der Waals surface area contributed by atoms with Gasteiger partial charge in [-0.2, -0.15) is 4.98 Å². The summed E-state index contributed by atoms with van der Waals surface area (Å²) in [4.78, 5) is 20.5. The molecule has 2 heterocycles. The van der Waals surface area contributed by atoms with Gasteiger partial charge in [0.05, 0.1) is 0 Å². The summed E-state index contributed by atoms with van der Waals surface area (Å²) in [5, 5.41) is 0. The van der Waals surface area contributed by atoms with Crippen molar-refractivity contribution in [1.29, 1.82) is 0 Å². The van der Waals surface area contributed by atoms with Crippen molar-refractivity contribution in [3.63, 3.8) is 0 Å². The molecule has 2 aromatic rings. The molecule has 0 N–H and O–H groups in total. The minimum Gasteiger partial charge on any atom is -0.423 e. The molecule has 1 aliphatic heterocycles. The zero-order valence-corrected chi connectivity index (χ0v) is 13.0. The number of carbonyl (C=O) groups excluding carboxylic acids is 1. The van der Waals surface area contributed by atoms with Crippen molar-refractivity contribution in [3.8, 4) is 0 Å². The normalized spacial score (nSPS) is 28.2. The van der Waals surface area contributed by atoms with Crippen LogP contribution in [0.4, 0.5) is 6.01 Å². The van der Waals surface area contributed by atoms with Gasteiger partial charge >= 0.3 is 0 Å². The number of nitrogens with zero attached hydrogens (tertiary/aromatic N) is 3. The van der Waals surface area contributed by atoms with E-state index in [1.54, 1.807) is 0 Å². The summed E-state index contributed by atoms with van der Waals surface area (Å²) in [5.41, 5.74) is 1.73. The van der Waals surface area contributed by atoms with Crippen LogP contribution in [0.15, 0.2) is 28.7 Å². The van der Waals surface area contributed by atoms with E-state index in [4.69, 9.17) is 4.42 Å². The van der Waals surface area contributed by atoms with Gasteiger partial charge in [-0.25, -0.2) is 0 Å². The average molecular weight is 299 g/mol. The fourth-order valence-corrected chi connectivity index (χ4v) is 3.97. The highest BCUT2D eigenvalue weighted by Gasteiger charge is 2.42. The second-order valence-corrected chi connectivity index (χ2v) is 6.70. The Bertz CT molecular complexity index is 678. The first-order valence-electron chi connectivity index (χ1n) is 7.94. The van der Waals surface area contributed by atoms with Crippen LogP contribution in [0.3, 0.4) is 0 Å². The van der Waals surface area contributed by atoms with E-state index in [1.165, 1.54) is 0 Å². The number of anilines is 1. The predicted molar refractivity (Wildman–Crippen MR) is 84.7 cm³/mol. The van der Waals surface area contributed by atoms with Crippen LogP contribution < -0.4 is 4.90 Å². The van der Waals surface area contributed by atoms with E-state index >= 15 is 0 Å². The van der Waals surface area contributed by atoms with Gasteiger partial charge in [-0.05, 0) is 36.8 Å². The van der Waals surface area contributed by atoms with Crippen LogP contribution in [-0.2, 0) is 4.79 Å². The zero-order valence-electron chi connectivity index (χ0n) is 13.0. The van der Waals surface area contributed by atoms with Gasteiger partial charge in [-0.15, -0.1) is 0 Å². The number of para-hydroxylation sites is 2. The molecule has 0 unspecified atom stereocenters. The first-order chi connectivity index (χ1) is 10.6. The van der Waals surface area contributed by atoms with Gasteiger partial charge in [-0.3, -0.25) is 4.79 Å². The number of fused-ring (bicyclic) bond motifs is 2. The molecule has 5 heteroatoms. The Labute approximate surface area is 129 Å². The number of piperidine rings is 1. The molecule has 0 spiro atoms. The van der Waals surface area contributed by atoms with Crippen molar-refractivity contribution in [2.75, 3.05) is 25.5 Å². The highest BCUT2D eigenvalue weighted by Crippen LogP contribution is 2.41. The van der Waals surface area contributed by atoms with Crippen molar-refractivity contribution in [1.82, 2.24) is 9.88 Å². The molecule has 0 bridgehead atoms. The van der Waals surface area contributed by atoms with Gasteiger partial charge in [-0.1, -0.05) is 12.1 Å². The van der Waals surface area contributed by atoms with Gasteiger partial charge in [0, 0.05) is 33.1 Å². The van der Waals surface area contributed by atoms with Gasteiger partial charge in [0.2, 0.25) is 5.91 Å². The van der Waals surface area contributed by atoms with E-state index in [-0.39, 0.29) is 5.91 Å². The third-order valence-electron chi connectivity index (χ3n) is 5.32. The fourth-order valence-electron chi connectivity index (χ4n) is 3.97. The number of benzene rings is 1. The molecule has 5 nitrogen and oxygen atoms in total. The molecule has 116 valence electrons. The minimum absolute atomic E-state index is 0.284. The lowest BCUT2D eigenvalue weighted by molar-refractivity contribution is -0.134. The first kappa shape index (κ1) is 13.6. The predicted octanol–water partition coefficient (Wildman–Crippen LogP) is 2.52. The molecule has 1 amide bonds. The van der Waals surface area contributed by atoms with E-state index < -0.39 is 0 Å². The molecule has 2 aliphatic rings. The number of amides is 1. The Hall–Kier alpha value is -2.04. The number of oxazole rings is 1. The third kappa shape index (κ3) is 2.16. The lowest BCUT2D eigenvalue weighted by Gasteiger charge is -2.31. The Morgan fingerprint density at radius 1 is 1.27 bits per heavy atom. The first-order valence-corrected chi connectivity index (χ1v) is 7.94. The molecule has 1 saturated heterocycles. The second kappa shape index (κ2) is 5.00. The van der Waals surface area contributed by atoms with Gasteiger partial charge in [0.25, 0.3) is 6.01 Å². The highest BCUT2D eigenvalue weighted by molar-refractivity contribution is 5.77. The highest BCUT2D eigenvalue weighted by atomic mass is 16.4. The Balaban J connectivity index is 1.54. The fraction of sp³-hybridized carbons (Fsp3) is 0.529. The SMILES string of the molecule is CN1C[C@H]2C[C@@H](N(C)c3nc4ccccc4o3)C[C@H]2CC1=O. The molecule has 22 heavy (non-hydrogen) atoms. The summed E-state index contributed by atoms with van der Waals surface area (Å²) < 4.78 is 5.88. The van der Waals surface area contributed by atoms with Crippen LogP contribution in [0.5, 0.6) is 0 Å². The van der Waals surface area contributed by atoms with Crippen molar-refractivity contribution in [3.05, 3.63) is 24.3 Å². The maximum absolute atomic E-state index is 11.9. The van der Waals surface area contributed by atoms with E-state index in [0.29, 0.717) is 30.3 Å². The molecule has 1 aromatic heterocycles. The van der Waals surface area contributed by atoms with Crippen molar-refractivity contribution in [2.45, 2.75) is 25.3 Å². The maximum atomic E-state index is 11.9. The van der Waals surface area contributed by atoms with Crippen molar-refractivity contribution in [2.24, 2.45) is 11.8 Å². The lowest BCUT2D eigenvalue weighted by atomic mass is 9.88. The molecule has 1 aliphatic carbocycles. The monoisotopic (exact) mass is 299 g/mol. The summed E-state index contributed by atoms with van der Waals surface area (Å²) in [7, 11) is 3.97. The van der Waals surface area contributed by atoms with Crippen LogP contribution in [0.2, 0.25) is 0 Å². The van der Waals surface area contributed by atoms with Crippen LogP contribution in [-0.4, -0.2) is 42.5 Å². The standard InChI is InChI=1S/C17H21N3O2/c1-19-10-12-8-13(7-11(12)9-16(19)21)20(2)17-18-14-5-3-4-6-15(14)22-17/h3-6,11-13H,7-10H2,1-2H3/t11-,12+,13-/m0/s1. The Kier molecular flexibility index (Phi) is 3.10. The smallest absolute Gasteiger partial charge is 0.298 e.